The Bertz CT molecular complexity index is 928. The highest BCUT2D eigenvalue weighted by molar-refractivity contribution is 8.00. The quantitative estimate of drug-likeness (QED) is 0.770. The van der Waals surface area contributed by atoms with Crippen molar-refractivity contribution in [3.05, 3.63) is 35.2 Å². The monoisotopic (exact) mass is 365 g/mol. The molecule has 6 nitrogen and oxygen atoms in total. The van der Waals surface area contributed by atoms with E-state index in [9.17, 15) is 13.2 Å². The number of thioether (sulfide) groups is 1. The highest BCUT2D eigenvalue weighted by atomic mass is 32.2. The third-order valence-electron chi connectivity index (χ3n) is 4.09. The Hall–Kier alpha value is -1.80. The minimum atomic E-state index is -3.40. The molecule has 1 aromatic carbocycles. The van der Waals surface area contributed by atoms with Crippen LogP contribution in [0.15, 0.2) is 32.6 Å². The van der Waals surface area contributed by atoms with E-state index in [1.807, 2.05) is 0 Å². The second kappa shape index (κ2) is 5.63. The Labute approximate surface area is 143 Å². The summed E-state index contributed by atoms with van der Waals surface area (Å²) in [7, 11) is -3.40. The number of carbonyl (C=O) groups is 1. The molecule has 8 heteroatoms. The van der Waals surface area contributed by atoms with Crippen LogP contribution in [0.4, 0.5) is 0 Å². The Morgan fingerprint density at radius 2 is 2.08 bits per heavy atom. The fraction of sp³-hybridized carbons (Fsp3) is 0.375. The topological polar surface area (TPSA) is 86.5 Å². The first-order valence-electron chi connectivity index (χ1n) is 7.58. The van der Waals surface area contributed by atoms with E-state index in [1.54, 1.807) is 0 Å². The molecule has 1 aromatic heterocycles. The minimum absolute atomic E-state index is 0.200. The lowest BCUT2D eigenvalue weighted by molar-refractivity contribution is 0.103. The van der Waals surface area contributed by atoms with Gasteiger partial charge in [0.2, 0.25) is 5.78 Å². The number of sulfone groups is 1. The van der Waals surface area contributed by atoms with Crippen molar-refractivity contribution in [3.8, 4) is 5.75 Å². The van der Waals surface area contributed by atoms with Crippen molar-refractivity contribution in [3.63, 3.8) is 0 Å². The molecule has 1 aliphatic heterocycles. The largest absolute Gasteiger partial charge is 0.491 e. The summed E-state index contributed by atoms with van der Waals surface area (Å²) < 4.78 is 34.9. The molecule has 0 unspecified atom stereocenters. The van der Waals surface area contributed by atoms with Crippen molar-refractivity contribution < 1.29 is 22.5 Å². The zero-order valence-corrected chi connectivity index (χ0v) is 14.6. The van der Waals surface area contributed by atoms with Crippen LogP contribution in [0.2, 0.25) is 0 Å². The summed E-state index contributed by atoms with van der Waals surface area (Å²) in [6, 6.07) is 3.00. The van der Waals surface area contributed by atoms with Crippen LogP contribution in [0.1, 0.15) is 40.4 Å². The lowest BCUT2D eigenvalue weighted by Crippen LogP contribution is -2.15. The summed E-state index contributed by atoms with van der Waals surface area (Å²) >= 11 is 1.40. The van der Waals surface area contributed by atoms with Crippen LogP contribution in [-0.4, -0.2) is 38.0 Å². The van der Waals surface area contributed by atoms with E-state index in [4.69, 9.17) is 9.26 Å². The first-order chi connectivity index (χ1) is 11.5. The molecule has 2 heterocycles. The van der Waals surface area contributed by atoms with Gasteiger partial charge in [0, 0.05) is 17.9 Å². The van der Waals surface area contributed by atoms with Gasteiger partial charge in [-0.2, -0.15) is 0 Å². The van der Waals surface area contributed by atoms with Crippen LogP contribution < -0.4 is 4.74 Å². The molecule has 0 N–H and O–H groups in total. The Balaban J connectivity index is 1.84. The van der Waals surface area contributed by atoms with Crippen molar-refractivity contribution in [2.75, 3.05) is 18.6 Å². The molecule has 0 amide bonds. The molecule has 0 saturated heterocycles. The maximum atomic E-state index is 13.0. The van der Waals surface area contributed by atoms with Gasteiger partial charge >= 0.3 is 0 Å². The lowest BCUT2D eigenvalue weighted by Gasteiger charge is -2.21. The number of nitrogens with zero attached hydrogens (tertiary/aromatic N) is 1. The molecule has 0 bridgehead atoms. The van der Waals surface area contributed by atoms with Crippen LogP contribution in [0.5, 0.6) is 5.75 Å². The molecule has 0 atom stereocenters. The third kappa shape index (κ3) is 2.63. The highest BCUT2D eigenvalue weighted by Gasteiger charge is 2.34. The summed E-state index contributed by atoms with van der Waals surface area (Å²) in [6.45, 7) is 0.435. The average Bonchev–Trinajstić information content (AvgIpc) is 3.29. The number of benzene rings is 1. The maximum Gasteiger partial charge on any atom is 0.201 e. The molecule has 4 rings (SSSR count). The predicted molar refractivity (Wildman–Crippen MR) is 87.7 cm³/mol. The first-order valence-corrected chi connectivity index (χ1v) is 10.5. The van der Waals surface area contributed by atoms with E-state index in [0.29, 0.717) is 39.9 Å². The first kappa shape index (κ1) is 15.7. The third-order valence-corrected chi connectivity index (χ3v) is 6.42. The molecular formula is C16H15NO5S2. The van der Waals surface area contributed by atoms with Gasteiger partial charge in [0.05, 0.1) is 33.7 Å². The molecule has 1 aliphatic carbocycles. The lowest BCUT2D eigenvalue weighted by atomic mass is 10.0. The van der Waals surface area contributed by atoms with Crippen molar-refractivity contribution in [1.82, 2.24) is 5.16 Å². The van der Waals surface area contributed by atoms with E-state index >= 15 is 0 Å². The van der Waals surface area contributed by atoms with Gasteiger partial charge in [0.15, 0.2) is 15.6 Å². The molecule has 2 aliphatic rings. The van der Waals surface area contributed by atoms with Gasteiger partial charge in [-0.05, 0) is 25.0 Å². The number of carbonyl (C=O) groups excluding carboxylic acids is 1. The van der Waals surface area contributed by atoms with Gasteiger partial charge < -0.3 is 9.26 Å². The van der Waals surface area contributed by atoms with Crippen molar-refractivity contribution >= 4 is 27.4 Å². The SMILES string of the molecule is CS(=O)(=O)c1ccc(C(=O)c2cnoc2C2CC2)c2c1SCCO2. The summed E-state index contributed by atoms with van der Waals surface area (Å²) in [5, 5.41) is 3.76. The molecule has 1 saturated carbocycles. The number of hydrogen-bond acceptors (Lipinski definition) is 7. The van der Waals surface area contributed by atoms with Gasteiger partial charge in [-0.3, -0.25) is 4.79 Å². The Kier molecular flexibility index (Phi) is 3.69. The van der Waals surface area contributed by atoms with Gasteiger partial charge in [-0.15, -0.1) is 11.8 Å². The number of ether oxygens (including phenoxy) is 1. The van der Waals surface area contributed by atoms with Gasteiger partial charge in [-0.25, -0.2) is 8.42 Å². The summed E-state index contributed by atoms with van der Waals surface area (Å²) in [5.74, 6) is 1.63. The summed E-state index contributed by atoms with van der Waals surface area (Å²) in [4.78, 5) is 13.7. The van der Waals surface area contributed by atoms with Crippen LogP contribution >= 0.6 is 11.8 Å². The normalized spacial score (nSPS) is 17.2. The van der Waals surface area contributed by atoms with Crippen LogP contribution in [0, 0.1) is 0 Å². The summed E-state index contributed by atoms with van der Waals surface area (Å²) in [6.07, 6.45) is 4.58. The molecular weight excluding hydrogens is 350 g/mol. The number of aromatic nitrogens is 1. The van der Waals surface area contributed by atoms with E-state index in [0.717, 1.165) is 19.1 Å². The maximum absolute atomic E-state index is 13.0. The van der Waals surface area contributed by atoms with E-state index < -0.39 is 9.84 Å². The van der Waals surface area contributed by atoms with Gasteiger partial charge in [-0.1, -0.05) is 5.16 Å². The Morgan fingerprint density at radius 1 is 1.29 bits per heavy atom. The fourth-order valence-electron chi connectivity index (χ4n) is 2.79. The zero-order chi connectivity index (χ0) is 16.9. The zero-order valence-electron chi connectivity index (χ0n) is 12.9. The van der Waals surface area contributed by atoms with Crippen LogP contribution in [0.25, 0.3) is 0 Å². The van der Waals surface area contributed by atoms with E-state index in [1.165, 1.54) is 30.1 Å². The van der Waals surface area contributed by atoms with Crippen molar-refractivity contribution in [2.45, 2.75) is 28.6 Å². The predicted octanol–water partition coefficient (Wildman–Crippen LogP) is 2.67. The van der Waals surface area contributed by atoms with Crippen LogP contribution in [-0.2, 0) is 9.84 Å². The molecule has 2 aromatic rings. The van der Waals surface area contributed by atoms with E-state index in [2.05, 4.69) is 5.16 Å². The average molecular weight is 365 g/mol. The molecule has 0 spiro atoms. The van der Waals surface area contributed by atoms with Gasteiger partial charge in [0.1, 0.15) is 5.75 Å². The molecule has 126 valence electrons. The van der Waals surface area contributed by atoms with Crippen LogP contribution in [0.3, 0.4) is 0 Å². The standard InChI is InChI=1S/C16H15NO5S2/c1-24(19,20)12-5-4-10(15-16(12)23-7-6-21-15)13(18)11-8-17-22-14(11)9-2-3-9/h4-5,8-9H,2-3,6-7H2,1H3. The Morgan fingerprint density at radius 3 is 2.79 bits per heavy atom. The molecule has 1 fully saturated rings. The summed E-state index contributed by atoms with van der Waals surface area (Å²) in [5.41, 5.74) is 0.792. The fourth-order valence-corrected chi connectivity index (χ4v) is 5.04. The minimum Gasteiger partial charge on any atom is -0.491 e. The second-order valence-corrected chi connectivity index (χ2v) is 9.04. The smallest absolute Gasteiger partial charge is 0.201 e. The van der Waals surface area contributed by atoms with Gasteiger partial charge in [0.25, 0.3) is 0 Å². The van der Waals surface area contributed by atoms with E-state index in [-0.39, 0.29) is 16.6 Å². The van der Waals surface area contributed by atoms with Crippen molar-refractivity contribution in [1.29, 1.82) is 0 Å². The molecule has 0 radical (unpaired) electrons. The number of fused-ring (bicyclic) bond motifs is 1. The molecule has 24 heavy (non-hydrogen) atoms. The number of rotatable bonds is 4. The van der Waals surface area contributed by atoms with Crippen molar-refractivity contribution in [2.24, 2.45) is 0 Å². The highest BCUT2D eigenvalue weighted by Crippen LogP contribution is 2.44. The number of ketones is 1. The number of hydrogen-bond donors (Lipinski definition) is 0. The second-order valence-electron chi connectivity index (χ2n) is 5.95.